The Hall–Kier alpha value is -1.60. The molecule has 3 aromatic carbocycles. The second-order valence-corrected chi connectivity index (χ2v) is 5.38. The fraction of sp³-hybridized carbons (Fsp3) is 0.0588. The van der Waals surface area contributed by atoms with Crippen molar-refractivity contribution < 1.29 is 0 Å². The van der Waals surface area contributed by atoms with E-state index in [1.807, 2.05) is 0 Å². The molecule has 0 radical (unpaired) electrons. The fourth-order valence-electron chi connectivity index (χ4n) is 2.19. The standard InChI is InChI=1S/C17H13Br/c1-12-10-15(8-9-17(12)18)16-7-6-13-4-2-3-5-14(13)11-16/h2-11H,1H3. The van der Waals surface area contributed by atoms with Crippen LogP contribution in [0.15, 0.2) is 65.1 Å². The van der Waals surface area contributed by atoms with E-state index in [2.05, 4.69) is 83.5 Å². The molecular formula is C17H13Br. The van der Waals surface area contributed by atoms with E-state index in [0.717, 1.165) is 4.47 Å². The molecule has 0 aliphatic heterocycles. The van der Waals surface area contributed by atoms with E-state index < -0.39 is 0 Å². The van der Waals surface area contributed by atoms with Crippen LogP contribution in [0.2, 0.25) is 0 Å². The Morgan fingerprint density at radius 1 is 0.722 bits per heavy atom. The van der Waals surface area contributed by atoms with E-state index in [4.69, 9.17) is 0 Å². The normalized spacial score (nSPS) is 10.8. The Balaban J connectivity index is 2.16. The number of hydrogen-bond acceptors (Lipinski definition) is 0. The first-order valence-electron chi connectivity index (χ1n) is 5.99. The van der Waals surface area contributed by atoms with Gasteiger partial charge in [0.15, 0.2) is 0 Å². The van der Waals surface area contributed by atoms with Crippen molar-refractivity contribution in [1.82, 2.24) is 0 Å². The first kappa shape index (κ1) is 11.5. The van der Waals surface area contributed by atoms with Gasteiger partial charge in [-0.2, -0.15) is 0 Å². The molecule has 88 valence electrons. The van der Waals surface area contributed by atoms with Crippen molar-refractivity contribution in [3.05, 3.63) is 70.7 Å². The molecule has 0 amide bonds. The van der Waals surface area contributed by atoms with Crippen LogP contribution in [0.25, 0.3) is 21.9 Å². The molecule has 0 spiro atoms. The van der Waals surface area contributed by atoms with Gasteiger partial charge in [-0.3, -0.25) is 0 Å². The number of fused-ring (bicyclic) bond motifs is 1. The lowest BCUT2D eigenvalue weighted by Gasteiger charge is -2.06. The van der Waals surface area contributed by atoms with Crippen molar-refractivity contribution in [2.75, 3.05) is 0 Å². The highest BCUT2D eigenvalue weighted by Crippen LogP contribution is 2.27. The molecule has 0 nitrogen and oxygen atoms in total. The summed E-state index contributed by atoms with van der Waals surface area (Å²) in [6.07, 6.45) is 0. The second kappa shape index (κ2) is 4.58. The molecule has 0 unspecified atom stereocenters. The van der Waals surface area contributed by atoms with E-state index in [-0.39, 0.29) is 0 Å². The maximum Gasteiger partial charge on any atom is 0.0204 e. The number of benzene rings is 3. The van der Waals surface area contributed by atoms with Crippen LogP contribution in [0, 0.1) is 6.92 Å². The maximum atomic E-state index is 3.54. The first-order chi connectivity index (χ1) is 8.74. The molecule has 0 saturated heterocycles. The van der Waals surface area contributed by atoms with Crippen LogP contribution >= 0.6 is 15.9 Å². The average Bonchev–Trinajstić information content (AvgIpc) is 2.41. The van der Waals surface area contributed by atoms with E-state index in [1.165, 1.54) is 27.5 Å². The average molecular weight is 297 g/mol. The van der Waals surface area contributed by atoms with E-state index >= 15 is 0 Å². The van der Waals surface area contributed by atoms with Crippen molar-refractivity contribution in [2.24, 2.45) is 0 Å². The lowest BCUT2D eigenvalue weighted by molar-refractivity contribution is 1.43. The summed E-state index contributed by atoms with van der Waals surface area (Å²) in [5.74, 6) is 0. The highest BCUT2D eigenvalue weighted by molar-refractivity contribution is 9.10. The molecule has 0 bridgehead atoms. The van der Waals surface area contributed by atoms with Crippen LogP contribution < -0.4 is 0 Å². The number of hydrogen-bond donors (Lipinski definition) is 0. The van der Waals surface area contributed by atoms with Crippen LogP contribution in [-0.2, 0) is 0 Å². The maximum absolute atomic E-state index is 3.54. The van der Waals surface area contributed by atoms with Crippen molar-refractivity contribution >= 4 is 26.7 Å². The Morgan fingerprint density at radius 2 is 1.39 bits per heavy atom. The molecule has 0 heterocycles. The zero-order valence-electron chi connectivity index (χ0n) is 10.2. The molecule has 0 aliphatic rings. The smallest absolute Gasteiger partial charge is 0.0204 e. The van der Waals surface area contributed by atoms with Crippen molar-refractivity contribution in [2.45, 2.75) is 6.92 Å². The lowest BCUT2D eigenvalue weighted by atomic mass is 10.0. The van der Waals surface area contributed by atoms with Crippen LogP contribution in [0.5, 0.6) is 0 Å². The molecule has 3 aromatic rings. The minimum Gasteiger partial charge on any atom is -0.0616 e. The summed E-state index contributed by atoms with van der Waals surface area (Å²) in [6.45, 7) is 2.12. The monoisotopic (exact) mass is 296 g/mol. The summed E-state index contributed by atoms with van der Waals surface area (Å²) in [6, 6.07) is 21.6. The third-order valence-electron chi connectivity index (χ3n) is 3.24. The summed E-state index contributed by atoms with van der Waals surface area (Å²) < 4.78 is 1.16. The minimum absolute atomic E-state index is 1.16. The molecule has 0 aliphatic carbocycles. The molecule has 1 heteroatoms. The van der Waals surface area contributed by atoms with Crippen LogP contribution in [0.4, 0.5) is 0 Å². The summed E-state index contributed by atoms with van der Waals surface area (Å²) >= 11 is 3.54. The molecule has 0 atom stereocenters. The zero-order valence-corrected chi connectivity index (χ0v) is 11.7. The van der Waals surface area contributed by atoms with Gasteiger partial charge in [0.25, 0.3) is 0 Å². The third kappa shape index (κ3) is 2.06. The second-order valence-electron chi connectivity index (χ2n) is 4.53. The molecule has 0 fully saturated rings. The number of aryl methyl sites for hydroxylation is 1. The predicted octanol–water partition coefficient (Wildman–Crippen LogP) is 5.58. The van der Waals surface area contributed by atoms with E-state index in [0.29, 0.717) is 0 Å². The quantitative estimate of drug-likeness (QED) is 0.550. The van der Waals surface area contributed by atoms with Crippen molar-refractivity contribution in [3.8, 4) is 11.1 Å². The Kier molecular flexibility index (Phi) is 2.92. The van der Waals surface area contributed by atoms with Gasteiger partial charge in [0, 0.05) is 4.47 Å². The number of halogens is 1. The fourth-order valence-corrected chi connectivity index (χ4v) is 2.44. The lowest BCUT2D eigenvalue weighted by Crippen LogP contribution is -1.81. The van der Waals surface area contributed by atoms with Crippen LogP contribution in [0.3, 0.4) is 0 Å². The molecule has 0 aromatic heterocycles. The minimum atomic E-state index is 1.16. The van der Waals surface area contributed by atoms with Gasteiger partial charge in [-0.25, -0.2) is 0 Å². The van der Waals surface area contributed by atoms with Gasteiger partial charge < -0.3 is 0 Å². The Morgan fingerprint density at radius 3 is 2.17 bits per heavy atom. The highest BCUT2D eigenvalue weighted by atomic mass is 79.9. The van der Waals surface area contributed by atoms with Crippen LogP contribution in [-0.4, -0.2) is 0 Å². The van der Waals surface area contributed by atoms with Crippen molar-refractivity contribution in [3.63, 3.8) is 0 Å². The predicted molar refractivity (Wildman–Crippen MR) is 81.8 cm³/mol. The topological polar surface area (TPSA) is 0 Å². The van der Waals surface area contributed by atoms with Gasteiger partial charge >= 0.3 is 0 Å². The molecular weight excluding hydrogens is 284 g/mol. The third-order valence-corrected chi connectivity index (χ3v) is 4.13. The molecule has 0 N–H and O–H groups in total. The van der Waals surface area contributed by atoms with Gasteiger partial charge in [-0.05, 0) is 46.5 Å². The Labute approximate surface area is 115 Å². The molecule has 0 saturated carbocycles. The largest absolute Gasteiger partial charge is 0.0616 e. The van der Waals surface area contributed by atoms with Crippen molar-refractivity contribution in [1.29, 1.82) is 0 Å². The first-order valence-corrected chi connectivity index (χ1v) is 6.79. The Bertz CT molecular complexity index is 714. The van der Waals surface area contributed by atoms with Gasteiger partial charge in [-0.1, -0.05) is 64.5 Å². The van der Waals surface area contributed by atoms with Gasteiger partial charge in [0.05, 0.1) is 0 Å². The van der Waals surface area contributed by atoms with E-state index in [1.54, 1.807) is 0 Å². The molecule has 3 rings (SSSR count). The van der Waals surface area contributed by atoms with Gasteiger partial charge in [0.2, 0.25) is 0 Å². The zero-order chi connectivity index (χ0) is 12.5. The SMILES string of the molecule is Cc1cc(-c2ccc3ccccc3c2)ccc1Br. The van der Waals surface area contributed by atoms with Crippen LogP contribution in [0.1, 0.15) is 5.56 Å². The summed E-state index contributed by atoms with van der Waals surface area (Å²) in [5.41, 5.74) is 3.80. The van der Waals surface area contributed by atoms with E-state index in [9.17, 15) is 0 Å². The summed E-state index contributed by atoms with van der Waals surface area (Å²) in [5, 5.41) is 2.57. The summed E-state index contributed by atoms with van der Waals surface area (Å²) in [4.78, 5) is 0. The molecule has 18 heavy (non-hydrogen) atoms. The summed E-state index contributed by atoms with van der Waals surface area (Å²) in [7, 11) is 0. The number of rotatable bonds is 1. The highest BCUT2D eigenvalue weighted by Gasteiger charge is 2.01. The van der Waals surface area contributed by atoms with Gasteiger partial charge in [0.1, 0.15) is 0 Å². The van der Waals surface area contributed by atoms with Gasteiger partial charge in [-0.15, -0.1) is 0 Å².